The Bertz CT molecular complexity index is 163. The summed E-state index contributed by atoms with van der Waals surface area (Å²) in [5.41, 5.74) is 0. The molecule has 0 rings (SSSR count). The molecule has 6 heteroatoms. The van der Waals surface area contributed by atoms with Crippen LogP contribution in [0.25, 0.3) is 0 Å². The highest BCUT2D eigenvalue weighted by Crippen LogP contribution is 1.91. The highest BCUT2D eigenvalue weighted by molar-refractivity contribution is 5.76. The van der Waals surface area contributed by atoms with E-state index in [1.54, 1.807) is 13.8 Å². The SMILES string of the molecule is CCOC(=O)OC(OCC)=[O+][O-]. The number of hydrogen-bond acceptors (Lipinski definition) is 5. The summed E-state index contributed by atoms with van der Waals surface area (Å²) in [6.45, 7) is 3.52. The lowest BCUT2D eigenvalue weighted by Gasteiger charge is -1.95. The lowest BCUT2D eigenvalue weighted by Crippen LogP contribution is -2.17. The molecule has 0 saturated carbocycles. The molecular weight excluding hydrogens is 168 g/mol. The van der Waals surface area contributed by atoms with Crippen molar-refractivity contribution in [3.05, 3.63) is 0 Å². The van der Waals surface area contributed by atoms with Crippen LogP contribution in [0.3, 0.4) is 0 Å². The summed E-state index contributed by atoms with van der Waals surface area (Å²) in [6.07, 6.45) is -1.78. The second kappa shape index (κ2) is 6.26. The molecule has 0 unspecified atom stereocenters. The fourth-order valence-electron chi connectivity index (χ4n) is 0.404. The summed E-state index contributed by atoms with van der Waals surface area (Å²) in [4.78, 5) is 10.5. The summed E-state index contributed by atoms with van der Waals surface area (Å²) in [6, 6.07) is 0. The van der Waals surface area contributed by atoms with Gasteiger partial charge in [-0.15, -0.1) is 0 Å². The van der Waals surface area contributed by atoms with Crippen molar-refractivity contribution < 1.29 is 28.8 Å². The van der Waals surface area contributed by atoms with Crippen LogP contribution in [0.15, 0.2) is 0 Å². The molecule has 0 atom stereocenters. The van der Waals surface area contributed by atoms with E-state index in [2.05, 4.69) is 18.8 Å². The van der Waals surface area contributed by atoms with Crippen molar-refractivity contribution in [3.8, 4) is 0 Å². The maximum Gasteiger partial charge on any atom is 0.735 e. The number of rotatable bonds is 2. The average Bonchev–Trinajstić information content (AvgIpc) is 2.04. The molecule has 0 bridgehead atoms. The van der Waals surface area contributed by atoms with Gasteiger partial charge in [0.15, 0.2) is 6.61 Å². The number of ether oxygens (including phenoxy) is 3. The van der Waals surface area contributed by atoms with Crippen LogP contribution in [0.5, 0.6) is 0 Å². The van der Waals surface area contributed by atoms with E-state index in [0.717, 1.165) is 0 Å². The quantitative estimate of drug-likeness (QED) is 0.197. The van der Waals surface area contributed by atoms with Gasteiger partial charge < -0.3 is 14.7 Å². The fourth-order valence-corrected chi connectivity index (χ4v) is 0.404. The van der Waals surface area contributed by atoms with Crippen molar-refractivity contribution in [2.75, 3.05) is 13.2 Å². The largest absolute Gasteiger partial charge is 0.735 e. The van der Waals surface area contributed by atoms with Gasteiger partial charge in [0.2, 0.25) is 0 Å². The molecule has 70 valence electrons. The minimum absolute atomic E-state index is 0.150. The van der Waals surface area contributed by atoms with Crippen molar-refractivity contribution in [1.82, 2.24) is 0 Å². The predicted molar refractivity (Wildman–Crippen MR) is 35.1 cm³/mol. The van der Waals surface area contributed by atoms with Crippen LogP contribution in [-0.4, -0.2) is 25.5 Å². The lowest BCUT2D eigenvalue weighted by molar-refractivity contribution is -0.869. The second-order valence-corrected chi connectivity index (χ2v) is 1.55. The number of carbonyl (C=O) groups excluding carboxylic acids is 2. The van der Waals surface area contributed by atoms with Crippen molar-refractivity contribution in [3.63, 3.8) is 0 Å². The first kappa shape index (κ1) is 10.5. The minimum Gasteiger partial charge on any atom is -0.628 e. The Morgan fingerprint density at radius 2 is 1.92 bits per heavy atom. The van der Waals surface area contributed by atoms with Gasteiger partial charge in [0.1, 0.15) is 0 Å². The zero-order chi connectivity index (χ0) is 9.40. The second-order valence-electron chi connectivity index (χ2n) is 1.55. The summed E-state index contributed by atoms with van der Waals surface area (Å²) in [5, 5.41) is 9.76. The molecule has 12 heavy (non-hydrogen) atoms. The molecule has 0 fully saturated rings. The Labute approximate surface area is 69.3 Å². The first-order valence-electron chi connectivity index (χ1n) is 3.38. The summed E-state index contributed by atoms with van der Waals surface area (Å²) in [7, 11) is 0. The van der Waals surface area contributed by atoms with E-state index in [1.807, 2.05) is 0 Å². The summed E-state index contributed by atoms with van der Waals surface area (Å²) in [5.74, 6) is 0. The molecule has 0 amide bonds. The fraction of sp³-hybridized carbons (Fsp3) is 0.667. The van der Waals surface area contributed by atoms with Crippen LogP contribution in [-0.2, 0) is 14.2 Å². The van der Waals surface area contributed by atoms with Gasteiger partial charge in [0.25, 0.3) is 0 Å². The normalized spacial score (nSPS) is 10.7. The molecule has 0 radical (unpaired) electrons. The van der Waals surface area contributed by atoms with E-state index in [4.69, 9.17) is 0 Å². The van der Waals surface area contributed by atoms with Gasteiger partial charge in [0.05, 0.1) is 6.61 Å². The van der Waals surface area contributed by atoms with E-state index < -0.39 is 12.3 Å². The van der Waals surface area contributed by atoms with Gasteiger partial charge in [-0.2, -0.15) is 4.79 Å². The standard InChI is InChI=1S/C6H10O6/c1-3-9-5(7)11-6(12-8)10-4-2/h3-4H2,1-2H3. The molecule has 0 N–H and O–H groups in total. The smallest absolute Gasteiger partial charge is 0.628 e. The van der Waals surface area contributed by atoms with Crippen molar-refractivity contribution in [2.24, 2.45) is 0 Å². The maximum absolute atomic E-state index is 10.5. The molecule has 0 aromatic carbocycles. The Balaban J connectivity index is 3.78. The average molecular weight is 178 g/mol. The summed E-state index contributed by atoms with van der Waals surface area (Å²) >= 11 is 0. The van der Waals surface area contributed by atoms with Crippen LogP contribution in [0, 0.1) is 0 Å². The van der Waals surface area contributed by atoms with E-state index in [0.29, 0.717) is 0 Å². The van der Waals surface area contributed by atoms with E-state index in [-0.39, 0.29) is 13.2 Å². The highest BCUT2D eigenvalue weighted by Gasteiger charge is 2.23. The minimum atomic E-state index is -1.03. The Morgan fingerprint density at radius 1 is 1.33 bits per heavy atom. The van der Waals surface area contributed by atoms with Crippen LogP contribution in [0.4, 0.5) is 9.37 Å². The summed E-state index contributed by atoms with van der Waals surface area (Å²) < 4.78 is 16.3. The van der Waals surface area contributed by atoms with Crippen LogP contribution < -0.4 is 5.26 Å². The van der Waals surface area contributed by atoms with Crippen molar-refractivity contribution >= 4 is 12.3 Å². The topological polar surface area (TPSA) is 79.1 Å². The van der Waals surface area contributed by atoms with Crippen LogP contribution >= 0.6 is 0 Å². The molecule has 0 saturated heterocycles. The van der Waals surface area contributed by atoms with Gasteiger partial charge in [-0.3, -0.25) is 4.58 Å². The highest BCUT2D eigenvalue weighted by atomic mass is 17.1. The number of hydrogen-bond donors (Lipinski definition) is 0. The third-order valence-corrected chi connectivity index (χ3v) is 0.759. The molecule has 0 aliphatic heterocycles. The van der Waals surface area contributed by atoms with E-state index in [1.165, 1.54) is 0 Å². The van der Waals surface area contributed by atoms with Crippen LogP contribution in [0.1, 0.15) is 13.8 Å². The lowest BCUT2D eigenvalue weighted by atomic mass is 10.9. The van der Waals surface area contributed by atoms with Gasteiger partial charge in [-0.25, -0.2) is 4.74 Å². The van der Waals surface area contributed by atoms with Crippen molar-refractivity contribution in [1.29, 1.82) is 0 Å². The van der Waals surface area contributed by atoms with Gasteiger partial charge in [0, 0.05) is 0 Å². The van der Waals surface area contributed by atoms with Crippen molar-refractivity contribution in [2.45, 2.75) is 13.8 Å². The molecular formula is C6H10O6. The third kappa shape index (κ3) is 4.37. The first-order chi connectivity index (χ1) is 5.74. The maximum atomic E-state index is 10.5. The number of carbonyl (C=O) groups is 1. The monoisotopic (exact) mass is 178 g/mol. The molecule has 0 heterocycles. The zero-order valence-electron chi connectivity index (χ0n) is 6.86. The van der Waals surface area contributed by atoms with Crippen LogP contribution in [0.2, 0.25) is 0 Å². The molecule has 6 nitrogen and oxygen atoms in total. The van der Waals surface area contributed by atoms with E-state index >= 15 is 0 Å². The Morgan fingerprint density at radius 3 is 2.33 bits per heavy atom. The predicted octanol–water partition coefficient (Wildman–Crippen LogP) is 0.127. The first-order valence-corrected chi connectivity index (χ1v) is 3.38. The molecule has 0 aliphatic rings. The Kier molecular flexibility index (Phi) is 5.50. The molecule has 0 aromatic rings. The zero-order valence-corrected chi connectivity index (χ0v) is 6.86. The molecule has 0 aliphatic carbocycles. The third-order valence-electron chi connectivity index (χ3n) is 0.759. The van der Waals surface area contributed by atoms with Gasteiger partial charge in [-0.05, 0) is 13.8 Å². The molecule has 0 spiro atoms. The van der Waals surface area contributed by atoms with E-state index in [9.17, 15) is 10.1 Å². The van der Waals surface area contributed by atoms with Gasteiger partial charge in [-0.1, -0.05) is 0 Å². The molecule has 0 aromatic heterocycles. The van der Waals surface area contributed by atoms with Gasteiger partial charge >= 0.3 is 12.3 Å². The Hall–Kier alpha value is -1.46.